The number of nitrogens with zero attached hydrogens (tertiary/aromatic N) is 4. The molecule has 2 aromatic rings. The Labute approximate surface area is 94.3 Å². The van der Waals surface area contributed by atoms with Gasteiger partial charge in [0, 0.05) is 24.0 Å². The summed E-state index contributed by atoms with van der Waals surface area (Å²) in [4.78, 5) is 8.67. The second-order valence-corrected chi connectivity index (χ2v) is 3.73. The van der Waals surface area contributed by atoms with E-state index >= 15 is 0 Å². The van der Waals surface area contributed by atoms with Crippen molar-refractivity contribution in [3.05, 3.63) is 23.7 Å². The third kappa shape index (κ3) is 1.76. The molecule has 16 heavy (non-hydrogen) atoms. The van der Waals surface area contributed by atoms with Crippen molar-refractivity contribution >= 4 is 5.82 Å². The van der Waals surface area contributed by atoms with E-state index in [2.05, 4.69) is 15.1 Å². The molecule has 0 aliphatic rings. The van der Waals surface area contributed by atoms with Crippen LogP contribution in [0.2, 0.25) is 0 Å². The van der Waals surface area contributed by atoms with E-state index in [0.29, 0.717) is 11.6 Å². The van der Waals surface area contributed by atoms with Gasteiger partial charge < -0.3 is 5.73 Å². The number of aryl methyl sites for hydroxylation is 2. The number of aromatic nitrogens is 4. The summed E-state index contributed by atoms with van der Waals surface area (Å²) in [5.41, 5.74) is 8.57. The Bertz CT molecular complexity index is 492. The van der Waals surface area contributed by atoms with Crippen LogP contribution >= 0.6 is 0 Å². The molecule has 0 spiro atoms. The second kappa shape index (κ2) is 3.92. The van der Waals surface area contributed by atoms with Gasteiger partial charge in [-0.15, -0.1) is 0 Å². The van der Waals surface area contributed by atoms with Crippen LogP contribution in [0.1, 0.15) is 18.2 Å². The van der Waals surface area contributed by atoms with E-state index in [0.717, 1.165) is 23.4 Å². The average molecular weight is 217 g/mol. The molecule has 5 nitrogen and oxygen atoms in total. The van der Waals surface area contributed by atoms with Crippen molar-refractivity contribution < 1.29 is 0 Å². The van der Waals surface area contributed by atoms with Crippen molar-refractivity contribution in [3.63, 3.8) is 0 Å². The predicted molar refractivity (Wildman–Crippen MR) is 62.8 cm³/mol. The zero-order valence-corrected chi connectivity index (χ0v) is 9.73. The maximum Gasteiger partial charge on any atom is 0.164 e. The smallest absolute Gasteiger partial charge is 0.164 e. The molecule has 2 heterocycles. The fourth-order valence-corrected chi connectivity index (χ4v) is 1.43. The monoisotopic (exact) mass is 217 g/mol. The molecule has 0 saturated carbocycles. The van der Waals surface area contributed by atoms with Gasteiger partial charge in [-0.2, -0.15) is 5.10 Å². The molecule has 0 atom stereocenters. The van der Waals surface area contributed by atoms with E-state index in [9.17, 15) is 0 Å². The summed E-state index contributed by atoms with van der Waals surface area (Å²) in [6.45, 7) is 6.72. The Kier molecular flexibility index (Phi) is 2.60. The Morgan fingerprint density at radius 1 is 1.31 bits per heavy atom. The van der Waals surface area contributed by atoms with Crippen LogP contribution in [0.15, 0.2) is 12.4 Å². The Morgan fingerprint density at radius 2 is 2.06 bits per heavy atom. The van der Waals surface area contributed by atoms with Gasteiger partial charge in [-0.3, -0.25) is 4.68 Å². The summed E-state index contributed by atoms with van der Waals surface area (Å²) in [6, 6.07) is 0. The van der Waals surface area contributed by atoms with Gasteiger partial charge >= 0.3 is 0 Å². The average Bonchev–Trinajstić information content (AvgIpc) is 2.73. The minimum atomic E-state index is 0.534. The van der Waals surface area contributed by atoms with Crippen molar-refractivity contribution in [2.45, 2.75) is 27.3 Å². The molecule has 5 heteroatoms. The molecule has 0 bridgehead atoms. The van der Waals surface area contributed by atoms with Crippen molar-refractivity contribution in [3.8, 4) is 11.4 Å². The van der Waals surface area contributed by atoms with Gasteiger partial charge in [0.25, 0.3) is 0 Å². The first-order valence-electron chi connectivity index (χ1n) is 5.25. The Balaban J connectivity index is 2.48. The highest BCUT2D eigenvalue weighted by Gasteiger charge is 2.08. The highest BCUT2D eigenvalue weighted by molar-refractivity contribution is 5.56. The number of hydrogen-bond donors (Lipinski definition) is 1. The van der Waals surface area contributed by atoms with E-state index in [1.54, 1.807) is 6.20 Å². The largest absolute Gasteiger partial charge is 0.383 e. The number of nitrogens with two attached hydrogens (primary N) is 1. The molecular formula is C11H15N5. The van der Waals surface area contributed by atoms with E-state index in [1.807, 2.05) is 31.6 Å². The number of hydrogen-bond acceptors (Lipinski definition) is 4. The van der Waals surface area contributed by atoms with Crippen molar-refractivity contribution in [1.82, 2.24) is 19.7 Å². The third-order valence-corrected chi connectivity index (χ3v) is 2.64. The summed E-state index contributed by atoms with van der Waals surface area (Å²) in [7, 11) is 0. The first-order valence-corrected chi connectivity index (χ1v) is 5.25. The van der Waals surface area contributed by atoms with Gasteiger partial charge in [0.15, 0.2) is 5.82 Å². The summed E-state index contributed by atoms with van der Waals surface area (Å²) in [5, 5.41) is 4.19. The second-order valence-electron chi connectivity index (χ2n) is 3.73. The molecule has 0 aromatic carbocycles. The normalized spacial score (nSPS) is 10.7. The van der Waals surface area contributed by atoms with Crippen LogP contribution in [-0.4, -0.2) is 19.7 Å². The molecule has 0 fully saturated rings. The molecule has 0 unspecified atom stereocenters. The van der Waals surface area contributed by atoms with Crippen LogP contribution in [-0.2, 0) is 6.54 Å². The number of rotatable bonds is 2. The van der Waals surface area contributed by atoms with Crippen LogP contribution in [0.5, 0.6) is 0 Å². The standard InChI is InChI=1S/C11H15N5/c1-4-16-6-9(5-13-16)11-14-8(3)7(2)10(12)15-11/h5-6H,4H2,1-3H3,(H2,12,14,15). The molecule has 0 radical (unpaired) electrons. The minimum Gasteiger partial charge on any atom is -0.383 e. The quantitative estimate of drug-likeness (QED) is 0.828. The fraction of sp³-hybridized carbons (Fsp3) is 0.364. The fourth-order valence-electron chi connectivity index (χ4n) is 1.43. The molecule has 2 N–H and O–H groups in total. The topological polar surface area (TPSA) is 69.6 Å². The summed E-state index contributed by atoms with van der Waals surface area (Å²) in [5.74, 6) is 1.17. The number of nitrogen functional groups attached to an aromatic ring is 1. The SMILES string of the molecule is CCn1cc(-c2nc(C)c(C)c(N)n2)cn1. The molecule has 0 saturated heterocycles. The lowest BCUT2D eigenvalue weighted by atomic mass is 10.2. The molecule has 0 amide bonds. The molecule has 0 aliphatic heterocycles. The molecule has 2 rings (SSSR count). The summed E-state index contributed by atoms with van der Waals surface area (Å²) >= 11 is 0. The molecule has 84 valence electrons. The van der Waals surface area contributed by atoms with Crippen molar-refractivity contribution in [2.24, 2.45) is 0 Å². The molecular weight excluding hydrogens is 202 g/mol. The first-order chi connectivity index (χ1) is 7.61. The van der Waals surface area contributed by atoms with Gasteiger partial charge in [-0.25, -0.2) is 9.97 Å². The highest BCUT2D eigenvalue weighted by Crippen LogP contribution is 2.18. The zero-order chi connectivity index (χ0) is 11.7. The zero-order valence-electron chi connectivity index (χ0n) is 9.73. The van der Waals surface area contributed by atoms with E-state index in [1.165, 1.54) is 0 Å². The Hall–Kier alpha value is -1.91. The van der Waals surface area contributed by atoms with Crippen LogP contribution in [0, 0.1) is 13.8 Å². The van der Waals surface area contributed by atoms with Gasteiger partial charge in [-0.05, 0) is 20.8 Å². The van der Waals surface area contributed by atoms with Gasteiger partial charge in [0.05, 0.1) is 11.8 Å². The minimum absolute atomic E-state index is 0.534. The van der Waals surface area contributed by atoms with Gasteiger partial charge in [0.2, 0.25) is 0 Å². The van der Waals surface area contributed by atoms with Gasteiger partial charge in [0.1, 0.15) is 5.82 Å². The maximum absolute atomic E-state index is 5.82. The van der Waals surface area contributed by atoms with E-state index < -0.39 is 0 Å². The van der Waals surface area contributed by atoms with Gasteiger partial charge in [-0.1, -0.05) is 0 Å². The van der Waals surface area contributed by atoms with Crippen LogP contribution in [0.25, 0.3) is 11.4 Å². The summed E-state index contributed by atoms with van der Waals surface area (Å²) in [6.07, 6.45) is 3.68. The van der Waals surface area contributed by atoms with Crippen LogP contribution in [0.4, 0.5) is 5.82 Å². The van der Waals surface area contributed by atoms with E-state index in [4.69, 9.17) is 5.73 Å². The lowest BCUT2D eigenvalue weighted by Crippen LogP contribution is -2.01. The molecule has 0 aliphatic carbocycles. The third-order valence-electron chi connectivity index (χ3n) is 2.64. The maximum atomic E-state index is 5.82. The lowest BCUT2D eigenvalue weighted by Gasteiger charge is -2.04. The van der Waals surface area contributed by atoms with Crippen LogP contribution < -0.4 is 5.73 Å². The molecule has 2 aromatic heterocycles. The van der Waals surface area contributed by atoms with Crippen molar-refractivity contribution in [1.29, 1.82) is 0 Å². The van der Waals surface area contributed by atoms with E-state index in [-0.39, 0.29) is 0 Å². The summed E-state index contributed by atoms with van der Waals surface area (Å²) < 4.78 is 1.84. The van der Waals surface area contributed by atoms with Crippen molar-refractivity contribution in [2.75, 3.05) is 5.73 Å². The lowest BCUT2D eigenvalue weighted by molar-refractivity contribution is 0.660. The highest BCUT2D eigenvalue weighted by atomic mass is 15.3. The first kappa shape index (κ1) is 10.6. The van der Waals surface area contributed by atoms with Crippen LogP contribution in [0.3, 0.4) is 0 Å². The number of anilines is 1. The predicted octanol–water partition coefficient (Wildman–Crippen LogP) is 1.56. The Morgan fingerprint density at radius 3 is 2.62 bits per heavy atom.